The number of aromatic nitrogens is 2. The second-order valence-corrected chi connectivity index (χ2v) is 7.86. The van der Waals surface area contributed by atoms with Gasteiger partial charge in [-0.3, -0.25) is 9.36 Å². The zero-order valence-corrected chi connectivity index (χ0v) is 20.4. The van der Waals surface area contributed by atoms with Crippen LogP contribution in [0.25, 0.3) is 5.69 Å². The van der Waals surface area contributed by atoms with Gasteiger partial charge in [0.2, 0.25) is 0 Å². The zero-order valence-electron chi connectivity index (χ0n) is 20.4. The SMILES string of the molecule is CCc1ccc(COc2ccc(-n3c(=O)cc(C(F)(F)F)n(C)c3=O)cc2)c(OCCOC(=O)NC)c1. The molecule has 0 fully saturated rings. The molecule has 0 aliphatic carbocycles. The Labute approximate surface area is 210 Å². The number of nitrogens with one attached hydrogen (secondary N) is 1. The Morgan fingerprint density at radius 2 is 1.70 bits per heavy atom. The molecule has 12 heteroatoms. The fourth-order valence-corrected chi connectivity index (χ4v) is 3.42. The molecular formula is C25H26F3N3O6. The molecule has 0 spiro atoms. The van der Waals surface area contributed by atoms with Crippen LogP contribution in [-0.4, -0.2) is 35.5 Å². The number of benzene rings is 2. The number of alkyl carbamates (subject to hydrolysis) is 1. The second-order valence-electron chi connectivity index (χ2n) is 7.86. The molecule has 1 aromatic heterocycles. The van der Waals surface area contributed by atoms with Crippen molar-refractivity contribution in [3.05, 3.63) is 86.2 Å². The number of hydrogen-bond acceptors (Lipinski definition) is 6. The molecule has 198 valence electrons. The van der Waals surface area contributed by atoms with Gasteiger partial charge in [0.1, 0.15) is 37.0 Å². The van der Waals surface area contributed by atoms with Crippen LogP contribution >= 0.6 is 0 Å². The highest BCUT2D eigenvalue weighted by atomic mass is 19.4. The maximum absolute atomic E-state index is 13.1. The van der Waals surface area contributed by atoms with E-state index in [0.717, 1.165) is 24.6 Å². The number of nitrogens with zero attached hydrogens (tertiary/aromatic N) is 2. The van der Waals surface area contributed by atoms with Crippen LogP contribution < -0.4 is 26.0 Å². The van der Waals surface area contributed by atoms with Gasteiger partial charge in [-0.2, -0.15) is 13.2 Å². The van der Waals surface area contributed by atoms with Crippen molar-refractivity contribution in [2.75, 3.05) is 20.3 Å². The number of alkyl halides is 3. The fraction of sp³-hybridized carbons (Fsp3) is 0.320. The lowest BCUT2D eigenvalue weighted by atomic mass is 10.1. The maximum atomic E-state index is 13.1. The van der Waals surface area contributed by atoms with Crippen molar-refractivity contribution in [2.45, 2.75) is 26.1 Å². The van der Waals surface area contributed by atoms with Crippen molar-refractivity contribution in [2.24, 2.45) is 7.05 Å². The minimum absolute atomic E-state index is 0.0561. The average Bonchev–Trinajstić information content (AvgIpc) is 2.87. The summed E-state index contributed by atoms with van der Waals surface area (Å²) in [6.45, 7) is 2.32. The molecule has 0 atom stereocenters. The zero-order chi connectivity index (χ0) is 27.2. The van der Waals surface area contributed by atoms with E-state index in [1.54, 1.807) is 0 Å². The van der Waals surface area contributed by atoms with Crippen molar-refractivity contribution >= 4 is 6.09 Å². The molecule has 1 N–H and O–H groups in total. The molecule has 37 heavy (non-hydrogen) atoms. The van der Waals surface area contributed by atoms with Crippen LogP contribution in [0.15, 0.2) is 58.1 Å². The summed E-state index contributed by atoms with van der Waals surface area (Å²) in [5, 5.41) is 2.34. The number of rotatable bonds is 9. The molecule has 0 saturated heterocycles. The molecular weight excluding hydrogens is 495 g/mol. The first-order chi connectivity index (χ1) is 17.5. The number of aryl methyl sites for hydroxylation is 1. The lowest BCUT2D eigenvalue weighted by Gasteiger charge is -2.15. The summed E-state index contributed by atoms with van der Waals surface area (Å²) in [6.07, 6.45) is -4.61. The van der Waals surface area contributed by atoms with Crippen LogP contribution in [0, 0.1) is 0 Å². The van der Waals surface area contributed by atoms with Gasteiger partial charge in [-0.25, -0.2) is 14.2 Å². The maximum Gasteiger partial charge on any atom is 0.431 e. The predicted molar refractivity (Wildman–Crippen MR) is 128 cm³/mol. The van der Waals surface area contributed by atoms with E-state index in [4.69, 9.17) is 14.2 Å². The largest absolute Gasteiger partial charge is 0.490 e. The molecule has 1 amide bonds. The quantitative estimate of drug-likeness (QED) is 0.433. The molecule has 0 saturated carbocycles. The van der Waals surface area contributed by atoms with E-state index in [-0.39, 0.29) is 25.5 Å². The summed E-state index contributed by atoms with van der Waals surface area (Å²) in [7, 11) is 2.41. The van der Waals surface area contributed by atoms with Gasteiger partial charge >= 0.3 is 18.0 Å². The van der Waals surface area contributed by atoms with E-state index in [1.165, 1.54) is 31.3 Å². The Morgan fingerprint density at radius 1 is 1.00 bits per heavy atom. The van der Waals surface area contributed by atoms with Gasteiger partial charge in [-0.15, -0.1) is 0 Å². The van der Waals surface area contributed by atoms with E-state index >= 15 is 0 Å². The van der Waals surface area contributed by atoms with Gasteiger partial charge in [-0.1, -0.05) is 19.1 Å². The molecule has 0 aliphatic rings. The lowest BCUT2D eigenvalue weighted by molar-refractivity contribution is -0.144. The van der Waals surface area contributed by atoms with Crippen molar-refractivity contribution in [1.29, 1.82) is 0 Å². The molecule has 9 nitrogen and oxygen atoms in total. The Kier molecular flexibility index (Phi) is 8.64. The van der Waals surface area contributed by atoms with Gasteiger partial charge in [-0.05, 0) is 42.3 Å². The topological polar surface area (TPSA) is 101 Å². The Morgan fingerprint density at radius 3 is 2.32 bits per heavy atom. The van der Waals surface area contributed by atoms with E-state index in [1.807, 2.05) is 25.1 Å². The van der Waals surface area contributed by atoms with Crippen LogP contribution in [0.1, 0.15) is 23.7 Å². The van der Waals surface area contributed by atoms with Crippen LogP contribution in [0.5, 0.6) is 11.5 Å². The van der Waals surface area contributed by atoms with Crippen molar-refractivity contribution < 1.29 is 32.2 Å². The van der Waals surface area contributed by atoms with Crippen LogP contribution in [-0.2, 0) is 31.0 Å². The number of hydrogen-bond donors (Lipinski definition) is 1. The number of amides is 1. The Balaban J connectivity index is 1.74. The van der Waals surface area contributed by atoms with Crippen molar-refractivity contribution in [3.63, 3.8) is 0 Å². The third-order valence-electron chi connectivity index (χ3n) is 5.42. The third-order valence-corrected chi connectivity index (χ3v) is 5.42. The summed E-state index contributed by atoms with van der Waals surface area (Å²) in [5.41, 5.74) is -1.67. The Bertz CT molecular complexity index is 1360. The molecule has 1 heterocycles. The molecule has 0 unspecified atom stereocenters. The van der Waals surface area contributed by atoms with Gasteiger partial charge in [0.15, 0.2) is 0 Å². The highest BCUT2D eigenvalue weighted by Gasteiger charge is 2.35. The standard InChI is InChI=1S/C25H26F3N3O6/c1-4-16-5-6-17(20(13-16)35-11-12-36-23(33)29-2)15-37-19-9-7-18(8-10-19)31-22(32)14-21(25(26,27)28)30(3)24(31)34/h5-10,13-14H,4,11-12,15H2,1-3H3,(H,29,33). The monoisotopic (exact) mass is 521 g/mol. The first-order valence-electron chi connectivity index (χ1n) is 11.3. The molecule has 3 rings (SSSR count). The minimum Gasteiger partial charge on any atom is -0.490 e. The summed E-state index contributed by atoms with van der Waals surface area (Å²) < 4.78 is 56.7. The van der Waals surface area contributed by atoms with Crippen LogP contribution in [0.2, 0.25) is 0 Å². The first kappa shape index (κ1) is 27.4. The molecule has 0 bridgehead atoms. The van der Waals surface area contributed by atoms with Crippen molar-refractivity contribution in [3.8, 4) is 17.2 Å². The number of carbonyl (C=O) groups is 1. The molecule has 0 aliphatic heterocycles. The summed E-state index contributed by atoms with van der Waals surface area (Å²) >= 11 is 0. The smallest absolute Gasteiger partial charge is 0.431 e. The number of halogens is 3. The van der Waals surface area contributed by atoms with E-state index in [2.05, 4.69) is 5.32 Å². The second kappa shape index (κ2) is 11.7. The summed E-state index contributed by atoms with van der Waals surface area (Å²) in [5.74, 6) is 0.963. The lowest BCUT2D eigenvalue weighted by Crippen LogP contribution is -2.40. The van der Waals surface area contributed by atoms with Gasteiger partial charge in [0, 0.05) is 25.7 Å². The fourth-order valence-electron chi connectivity index (χ4n) is 3.42. The van der Waals surface area contributed by atoms with Gasteiger partial charge in [0.25, 0.3) is 5.56 Å². The molecule has 0 radical (unpaired) electrons. The molecule has 2 aromatic carbocycles. The number of ether oxygens (including phenoxy) is 3. The average molecular weight is 521 g/mol. The highest BCUT2D eigenvalue weighted by Crippen LogP contribution is 2.27. The molecule has 3 aromatic rings. The van der Waals surface area contributed by atoms with E-state index < -0.39 is 29.2 Å². The van der Waals surface area contributed by atoms with Crippen LogP contribution in [0.4, 0.5) is 18.0 Å². The van der Waals surface area contributed by atoms with Crippen molar-refractivity contribution in [1.82, 2.24) is 14.5 Å². The highest BCUT2D eigenvalue weighted by molar-refractivity contribution is 5.66. The van der Waals surface area contributed by atoms with Gasteiger partial charge in [0.05, 0.1) is 5.69 Å². The van der Waals surface area contributed by atoms with Gasteiger partial charge < -0.3 is 19.5 Å². The number of carbonyl (C=O) groups excluding carboxylic acids is 1. The Hall–Kier alpha value is -4.22. The predicted octanol–water partition coefficient (Wildman–Crippen LogP) is 3.43. The first-order valence-corrected chi connectivity index (χ1v) is 11.3. The minimum atomic E-state index is -4.83. The van der Waals surface area contributed by atoms with E-state index in [9.17, 15) is 27.6 Å². The van der Waals surface area contributed by atoms with Crippen LogP contribution in [0.3, 0.4) is 0 Å². The summed E-state index contributed by atoms with van der Waals surface area (Å²) in [4.78, 5) is 35.9. The normalized spacial score (nSPS) is 11.2. The van der Waals surface area contributed by atoms with E-state index in [0.29, 0.717) is 26.7 Å². The summed E-state index contributed by atoms with van der Waals surface area (Å²) in [6, 6.07) is 11.8. The third kappa shape index (κ3) is 6.72.